The fourth-order valence-electron chi connectivity index (χ4n) is 2.55. The van der Waals surface area contributed by atoms with Crippen LogP contribution in [0, 0.1) is 0 Å². The maximum atomic E-state index is 5.40. The fourth-order valence-corrected chi connectivity index (χ4v) is 2.93. The zero-order chi connectivity index (χ0) is 16.5. The van der Waals surface area contributed by atoms with Crippen LogP contribution in [0.2, 0.25) is 0 Å². The summed E-state index contributed by atoms with van der Waals surface area (Å²) in [6.07, 6.45) is 6.22. The summed E-state index contributed by atoms with van der Waals surface area (Å²) in [7, 11) is 0. The number of rotatable bonds is 4. The Morgan fingerprint density at radius 1 is 1.04 bits per heavy atom. The molecule has 23 heavy (non-hydrogen) atoms. The molecule has 0 atom stereocenters. The van der Waals surface area contributed by atoms with Gasteiger partial charge < -0.3 is 15.4 Å². The Balaban J connectivity index is 1.68. The zero-order valence-electron chi connectivity index (χ0n) is 13.4. The molecule has 5 nitrogen and oxygen atoms in total. The lowest BCUT2D eigenvalue weighted by molar-refractivity contribution is 0.340. The highest BCUT2D eigenvalue weighted by Crippen LogP contribution is 2.17. The second kappa shape index (κ2) is 9.52. The molecule has 1 aromatic rings. The van der Waals surface area contributed by atoms with Gasteiger partial charge in [0.1, 0.15) is 5.75 Å². The minimum Gasteiger partial charge on any atom is -0.494 e. The van der Waals surface area contributed by atoms with Crippen LogP contribution in [0.5, 0.6) is 5.75 Å². The molecule has 1 aliphatic rings. The molecule has 7 heteroatoms. The quantitative estimate of drug-likeness (QED) is 0.491. The molecule has 0 radical (unpaired) electrons. The highest BCUT2D eigenvalue weighted by molar-refractivity contribution is 7.80. The number of anilines is 1. The summed E-state index contributed by atoms with van der Waals surface area (Å²) >= 11 is 10.5. The van der Waals surface area contributed by atoms with Crippen molar-refractivity contribution in [3.05, 3.63) is 24.3 Å². The minimum atomic E-state index is 0.460. The van der Waals surface area contributed by atoms with Crippen molar-refractivity contribution in [2.45, 2.75) is 45.1 Å². The first-order chi connectivity index (χ1) is 11.2. The number of hydrogen-bond acceptors (Lipinski definition) is 3. The standard InChI is InChI=1S/C16H24N4OS2/c1-2-21-14-10-8-13(9-11-14)18-16(23)20-19-15(22)17-12-6-4-3-5-7-12/h8-12H,2-7H2,1H3,(H2,17,19,22)(H2,18,20,23). The Kier molecular flexibility index (Phi) is 7.35. The van der Waals surface area contributed by atoms with Gasteiger partial charge in [0.15, 0.2) is 10.2 Å². The average molecular weight is 353 g/mol. The van der Waals surface area contributed by atoms with Gasteiger partial charge in [-0.1, -0.05) is 19.3 Å². The van der Waals surface area contributed by atoms with Crippen LogP contribution in [0.3, 0.4) is 0 Å². The molecule has 0 unspecified atom stereocenters. The van der Waals surface area contributed by atoms with Gasteiger partial charge in [0, 0.05) is 11.7 Å². The molecule has 1 fully saturated rings. The fraction of sp³-hybridized carbons (Fsp3) is 0.500. The van der Waals surface area contributed by atoms with E-state index in [0.717, 1.165) is 11.4 Å². The molecule has 0 amide bonds. The van der Waals surface area contributed by atoms with Crippen LogP contribution < -0.4 is 26.2 Å². The van der Waals surface area contributed by atoms with E-state index in [2.05, 4.69) is 21.5 Å². The number of benzene rings is 1. The molecule has 0 aliphatic heterocycles. The maximum absolute atomic E-state index is 5.40. The highest BCUT2D eigenvalue weighted by Gasteiger charge is 2.13. The van der Waals surface area contributed by atoms with Crippen molar-refractivity contribution in [3.63, 3.8) is 0 Å². The van der Waals surface area contributed by atoms with Gasteiger partial charge >= 0.3 is 0 Å². The van der Waals surface area contributed by atoms with E-state index in [1.165, 1.54) is 32.1 Å². The van der Waals surface area contributed by atoms with Gasteiger partial charge in [0.25, 0.3) is 0 Å². The van der Waals surface area contributed by atoms with Crippen molar-refractivity contribution >= 4 is 40.3 Å². The lowest BCUT2D eigenvalue weighted by atomic mass is 9.96. The smallest absolute Gasteiger partial charge is 0.189 e. The molecule has 1 saturated carbocycles. The lowest BCUT2D eigenvalue weighted by Crippen LogP contribution is -2.51. The topological polar surface area (TPSA) is 57.4 Å². The Morgan fingerprint density at radius 3 is 2.35 bits per heavy atom. The van der Waals surface area contributed by atoms with Gasteiger partial charge in [-0.05, 0) is 68.5 Å². The van der Waals surface area contributed by atoms with Crippen LogP contribution in [-0.2, 0) is 0 Å². The molecule has 0 spiro atoms. The molecule has 2 rings (SSSR count). The number of thiocarbonyl (C=S) groups is 2. The summed E-state index contributed by atoms with van der Waals surface area (Å²) in [6.45, 7) is 2.61. The van der Waals surface area contributed by atoms with Crippen molar-refractivity contribution in [2.75, 3.05) is 11.9 Å². The zero-order valence-corrected chi connectivity index (χ0v) is 15.0. The molecule has 1 aliphatic carbocycles. The number of nitrogens with one attached hydrogen (secondary N) is 4. The molecule has 0 heterocycles. The second-order valence-corrected chi connectivity index (χ2v) is 6.29. The summed E-state index contributed by atoms with van der Waals surface area (Å²) in [4.78, 5) is 0. The van der Waals surface area contributed by atoms with E-state index in [1.54, 1.807) is 0 Å². The number of hydrogen-bond donors (Lipinski definition) is 4. The van der Waals surface area contributed by atoms with E-state index in [9.17, 15) is 0 Å². The van der Waals surface area contributed by atoms with Crippen molar-refractivity contribution in [1.82, 2.24) is 16.2 Å². The van der Waals surface area contributed by atoms with E-state index < -0.39 is 0 Å². The Morgan fingerprint density at radius 2 is 1.70 bits per heavy atom. The second-order valence-electron chi connectivity index (χ2n) is 5.47. The van der Waals surface area contributed by atoms with Crippen LogP contribution in [-0.4, -0.2) is 22.9 Å². The van der Waals surface area contributed by atoms with Gasteiger partial charge in [-0.15, -0.1) is 0 Å². The largest absolute Gasteiger partial charge is 0.494 e. The van der Waals surface area contributed by atoms with Crippen molar-refractivity contribution in [3.8, 4) is 5.75 Å². The third-order valence-corrected chi connectivity index (χ3v) is 4.08. The third kappa shape index (κ3) is 6.58. The molecule has 4 N–H and O–H groups in total. The van der Waals surface area contributed by atoms with Gasteiger partial charge in [-0.3, -0.25) is 10.9 Å². The summed E-state index contributed by atoms with van der Waals surface area (Å²) in [5.74, 6) is 0.841. The van der Waals surface area contributed by atoms with E-state index in [1.807, 2.05) is 31.2 Å². The van der Waals surface area contributed by atoms with Crippen LogP contribution in [0.15, 0.2) is 24.3 Å². The maximum Gasteiger partial charge on any atom is 0.189 e. The van der Waals surface area contributed by atoms with E-state index in [-0.39, 0.29) is 0 Å². The first-order valence-electron chi connectivity index (χ1n) is 8.03. The summed E-state index contributed by atoms with van der Waals surface area (Å²) in [6, 6.07) is 8.10. The highest BCUT2D eigenvalue weighted by atomic mass is 32.1. The number of hydrazine groups is 1. The monoisotopic (exact) mass is 352 g/mol. The van der Waals surface area contributed by atoms with Crippen molar-refractivity contribution in [1.29, 1.82) is 0 Å². The molecule has 1 aromatic carbocycles. The average Bonchev–Trinajstić information content (AvgIpc) is 2.56. The Hall–Kier alpha value is -1.60. The predicted molar refractivity (Wildman–Crippen MR) is 103 cm³/mol. The summed E-state index contributed by atoms with van der Waals surface area (Å²) in [5.41, 5.74) is 6.71. The van der Waals surface area contributed by atoms with Crippen LogP contribution in [0.25, 0.3) is 0 Å². The predicted octanol–water partition coefficient (Wildman–Crippen LogP) is 3.08. The van der Waals surface area contributed by atoms with Gasteiger partial charge in [-0.25, -0.2) is 0 Å². The molecule has 0 bridgehead atoms. The van der Waals surface area contributed by atoms with Gasteiger partial charge in [0.05, 0.1) is 6.61 Å². The molecule has 126 valence electrons. The van der Waals surface area contributed by atoms with Crippen molar-refractivity contribution < 1.29 is 4.74 Å². The van der Waals surface area contributed by atoms with E-state index >= 15 is 0 Å². The van der Waals surface area contributed by atoms with E-state index in [0.29, 0.717) is 22.9 Å². The number of ether oxygens (including phenoxy) is 1. The summed E-state index contributed by atoms with van der Waals surface area (Å²) < 4.78 is 5.40. The Bertz CT molecular complexity index is 515. The van der Waals surface area contributed by atoms with Crippen molar-refractivity contribution in [2.24, 2.45) is 0 Å². The normalized spacial score (nSPS) is 14.7. The molecular formula is C16H24N4OS2. The summed E-state index contributed by atoms with van der Waals surface area (Å²) in [5, 5.41) is 7.44. The molecule has 0 saturated heterocycles. The first kappa shape index (κ1) is 17.7. The van der Waals surface area contributed by atoms with Gasteiger partial charge in [-0.2, -0.15) is 0 Å². The van der Waals surface area contributed by atoms with E-state index in [4.69, 9.17) is 29.2 Å². The third-order valence-electron chi connectivity index (χ3n) is 3.65. The molecular weight excluding hydrogens is 328 g/mol. The lowest BCUT2D eigenvalue weighted by Gasteiger charge is -2.24. The first-order valence-corrected chi connectivity index (χ1v) is 8.85. The van der Waals surface area contributed by atoms with Gasteiger partial charge in [0.2, 0.25) is 0 Å². The Labute approximate surface area is 148 Å². The van der Waals surface area contributed by atoms with Crippen LogP contribution in [0.1, 0.15) is 39.0 Å². The minimum absolute atomic E-state index is 0.460. The molecule has 0 aromatic heterocycles. The van der Waals surface area contributed by atoms with Crippen LogP contribution in [0.4, 0.5) is 5.69 Å². The van der Waals surface area contributed by atoms with Crippen LogP contribution >= 0.6 is 24.4 Å². The SMILES string of the molecule is CCOc1ccc(NC(=S)NNC(=S)NC2CCCCC2)cc1.